The summed E-state index contributed by atoms with van der Waals surface area (Å²) in [4.78, 5) is 23.5. The summed E-state index contributed by atoms with van der Waals surface area (Å²) in [6.45, 7) is 2.95. The zero-order chi connectivity index (χ0) is 22.3. The van der Waals surface area contributed by atoms with Crippen LogP contribution in [0.15, 0.2) is 12.2 Å². The van der Waals surface area contributed by atoms with Crippen molar-refractivity contribution in [3.63, 3.8) is 0 Å². The van der Waals surface area contributed by atoms with Gasteiger partial charge in [-0.1, -0.05) is 45.1 Å². The highest BCUT2D eigenvalue weighted by Crippen LogP contribution is 2.39. The Balaban J connectivity index is 1.82. The van der Waals surface area contributed by atoms with Gasteiger partial charge in [-0.05, 0) is 44.6 Å². The lowest BCUT2D eigenvalue weighted by atomic mass is 9.94. The smallest absolute Gasteiger partial charge is 0.305 e. The number of rotatable bonds is 15. The SMILES string of the molecule is CCCCCC(=O)/C=C/C1C(OC2CCCCO2)CSC1CCCCCCC(=O)OC. The van der Waals surface area contributed by atoms with E-state index in [-0.39, 0.29) is 30.1 Å². The zero-order valence-corrected chi connectivity index (χ0v) is 20.3. The fraction of sp³-hybridized carbons (Fsp3) is 0.840. The molecule has 178 valence electrons. The highest BCUT2D eigenvalue weighted by atomic mass is 32.2. The van der Waals surface area contributed by atoms with Gasteiger partial charge in [0.1, 0.15) is 0 Å². The molecule has 4 atom stereocenters. The van der Waals surface area contributed by atoms with Gasteiger partial charge in [0.15, 0.2) is 12.1 Å². The molecule has 0 aromatic rings. The van der Waals surface area contributed by atoms with Gasteiger partial charge < -0.3 is 14.2 Å². The maximum absolute atomic E-state index is 12.3. The van der Waals surface area contributed by atoms with E-state index in [1.54, 1.807) is 0 Å². The number of carbonyl (C=O) groups excluding carboxylic acids is 2. The van der Waals surface area contributed by atoms with Crippen LogP contribution in [0.1, 0.15) is 90.4 Å². The number of carbonyl (C=O) groups is 2. The van der Waals surface area contributed by atoms with E-state index >= 15 is 0 Å². The molecule has 2 aliphatic heterocycles. The van der Waals surface area contributed by atoms with Gasteiger partial charge in [-0.2, -0.15) is 11.8 Å². The van der Waals surface area contributed by atoms with Gasteiger partial charge >= 0.3 is 5.97 Å². The average Bonchev–Trinajstić information content (AvgIpc) is 3.16. The summed E-state index contributed by atoms with van der Waals surface area (Å²) in [6.07, 6.45) is 16.9. The Hall–Kier alpha value is -0.850. The number of esters is 1. The third-order valence-electron chi connectivity index (χ3n) is 6.18. The number of thioether (sulfide) groups is 1. The monoisotopic (exact) mass is 454 g/mol. The van der Waals surface area contributed by atoms with Crippen LogP contribution < -0.4 is 0 Å². The van der Waals surface area contributed by atoms with E-state index in [0.717, 1.165) is 83.0 Å². The second-order valence-corrected chi connectivity index (χ2v) is 10.0. The predicted molar refractivity (Wildman–Crippen MR) is 126 cm³/mol. The Labute approximate surface area is 193 Å². The van der Waals surface area contributed by atoms with Crippen molar-refractivity contribution < 1.29 is 23.8 Å². The Bertz CT molecular complexity index is 544. The van der Waals surface area contributed by atoms with E-state index in [1.165, 1.54) is 7.11 Å². The van der Waals surface area contributed by atoms with E-state index in [2.05, 4.69) is 13.0 Å². The molecule has 0 aromatic carbocycles. The van der Waals surface area contributed by atoms with Crippen molar-refractivity contribution in [3.05, 3.63) is 12.2 Å². The first-order chi connectivity index (χ1) is 15.1. The van der Waals surface area contributed by atoms with E-state index in [0.29, 0.717) is 18.1 Å². The van der Waals surface area contributed by atoms with E-state index in [1.807, 2.05) is 17.8 Å². The first-order valence-corrected chi connectivity index (χ1v) is 13.4. The third kappa shape index (κ3) is 10.5. The third-order valence-corrected chi connectivity index (χ3v) is 7.68. The molecule has 0 spiro atoms. The zero-order valence-electron chi connectivity index (χ0n) is 19.5. The number of hydrogen-bond donors (Lipinski definition) is 0. The van der Waals surface area contributed by atoms with Crippen LogP contribution in [0.5, 0.6) is 0 Å². The minimum atomic E-state index is -0.120. The molecule has 0 aliphatic carbocycles. The molecule has 0 bridgehead atoms. The lowest BCUT2D eigenvalue weighted by molar-refractivity contribution is -0.188. The molecular weight excluding hydrogens is 412 g/mol. The van der Waals surface area contributed by atoms with Gasteiger partial charge in [0, 0.05) is 36.4 Å². The van der Waals surface area contributed by atoms with Crippen LogP contribution in [-0.2, 0) is 23.8 Å². The van der Waals surface area contributed by atoms with Crippen molar-refractivity contribution in [1.29, 1.82) is 0 Å². The molecule has 2 heterocycles. The second kappa shape index (κ2) is 15.9. The van der Waals surface area contributed by atoms with Gasteiger partial charge in [0.25, 0.3) is 0 Å². The van der Waals surface area contributed by atoms with Gasteiger partial charge in [0.2, 0.25) is 0 Å². The lowest BCUT2D eigenvalue weighted by Gasteiger charge is -2.28. The van der Waals surface area contributed by atoms with Crippen LogP contribution in [0.2, 0.25) is 0 Å². The summed E-state index contributed by atoms with van der Waals surface area (Å²) in [5.74, 6) is 1.34. The van der Waals surface area contributed by atoms with Gasteiger partial charge in [-0.25, -0.2) is 0 Å². The first-order valence-electron chi connectivity index (χ1n) is 12.3. The topological polar surface area (TPSA) is 61.8 Å². The Morgan fingerprint density at radius 1 is 1.06 bits per heavy atom. The molecule has 0 N–H and O–H groups in total. The summed E-state index contributed by atoms with van der Waals surface area (Å²) in [5, 5.41) is 0.480. The molecule has 6 heteroatoms. The van der Waals surface area contributed by atoms with E-state index < -0.39 is 0 Å². The number of allylic oxidation sites excluding steroid dienone is 1. The number of ketones is 1. The maximum Gasteiger partial charge on any atom is 0.305 e. The van der Waals surface area contributed by atoms with Crippen LogP contribution in [0.25, 0.3) is 0 Å². The Morgan fingerprint density at radius 2 is 1.87 bits per heavy atom. The molecule has 2 aliphatic rings. The van der Waals surface area contributed by atoms with Gasteiger partial charge in [-0.3, -0.25) is 9.59 Å². The Kier molecular flexibility index (Phi) is 13.5. The predicted octanol–water partition coefficient (Wildman–Crippen LogP) is 5.85. The molecule has 0 aromatic heterocycles. The minimum absolute atomic E-state index is 0.0902. The highest BCUT2D eigenvalue weighted by molar-refractivity contribution is 8.00. The van der Waals surface area contributed by atoms with Crippen LogP contribution in [0, 0.1) is 5.92 Å². The minimum Gasteiger partial charge on any atom is -0.469 e. The molecule has 2 saturated heterocycles. The van der Waals surface area contributed by atoms with Crippen molar-refractivity contribution in [2.24, 2.45) is 5.92 Å². The largest absolute Gasteiger partial charge is 0.469 e. The lowest BCUT2D eigenvalue weighted by Crippen LogP contribution is -2.33. The summed E-state index contributed by atoms with van der Waals surface area (Å²) < 4.78 is 16.9. The van der Waals surface area contributed by atoms with Crippen molar-refractivity contribution in [3.8, 4) is 0 Å². The molecule has 5 nitrogen and oxygen atoms in total. The molecule has 31 heavy (non-hydrogen) atoms. The quantitative estimate of drug-likeness (QED) is 0.176. The number of unbranched alkanes of at least 4 members (excludes halogenated alkanes) is 5. The van der Waals surface area contributed by atoms with Crippen molar-refractivity contribution in [2.75, 3.05) is 19.5 Å². The second-order valence-electron chi connectivity index (χ2n) is 8.73. The molecule has 2 rings (SSSR count). The van der Waals surface area contributed by atoms with Crippen molar-refractivity contribution in [2.45, 2.75) is 108 Å². The number of hydrogen-bond acceptors (Lipinski definition) is 6. The first kappa shape index (κ1) is 26.4. The molecule has 4 unspecified atom stereocenters. The fourth-order valence-electron chi connectivity index (χ4n) is 4.27. The van der Waals surface area contributed by atoms with Crippen molar-refractivity contribution in [1.82, 2.24) is 0 Å². The Morgan fingerprint density at radius 3 is 2.61 bits per heavy atom. The van der Waals surface area contributed by atoms with E-state index in [4.69, 9.17) is 14.2 Å². The maximum atomic E-state index is 12.3. The standard InChI is InChI=1S/C25H42O5S/c1-3-4-7-12-20(26)16-17-21-22(30-25-15-10-11-18-29-25)19-31-23(21)13-8-5-6-9-14-24(27)28-2/h16-17,21-23,25H,3-15,18-19H2,1-2H3/b17-16+. The van der Waals surface area contributed by atoms with Gasteiger partial charge in [0.05, 0.1) is 13.2 Å². The summed E-state index contributed by atoms with van der Waals surface area (Å²) >= 11 is 1.98. The molecule has 0 radical (unpaired) electrons. The highest BCUT2D eigenvalue weighted by Gasteiger charge is 2.37. The average molecular weight is 455 g/mol. The summed E-state index contributed by atoms with van der Waals surface area (Å²) in [6, 6.07) is 0. The number of ether oxygens (including phenoxy) is 3. The fourth-order valence-corrected chi connectivity index (χ4v) is 5.83. The van der Waals surface area contributed by atoms with Crippen LogP contribution in [0.4, 0.5) is 0 Å². The van der Waals surface area contributed by atoms with Crippen molar-refractivity contribution >= 4 is 23.5 Å². The van der Waals surface area contributed by atoms with Crippen LogP contribution >= 0.6 is 11.8 Å². The number of methoxy groups -OCH3 is 1. The van der Waals surface area contributed by atoms with Crippen LogP contribution in [-0.4, -0.2) is 48.9 Å². The molecule has 2 fully saturated rings. The molecular formula is C25H42O5S. The summed E-state index contributed by atoms with van der Waals surface area (Å²) in [5.41, 5.74) is 0. The summed E-state index contributed by atoms with van der Waals surface area (Å²) in [7, 11) is 1.44. The molecule has 0 saturated carbocycles. The van der Waals surface area contributed by atoms with Crippen LogP contribution in [0.3, 0.4) is 0 Å². The van der Waals surface area contributed by atoms with E-state index in [9.17, 15) is 9.59 Å². The van der Waals surface area contributed by atoms with Gasteiger partial charge in [-0.15, -0.1) is 0 Å². The normalized spacial score (nSPS) is 26.4. The molecule has 0 amide bonds.